The van der Waals surface area contributed by atoms with Gasteiger partial charge >= 0.3 is 5.97 Å². The molecule has 11 heteroatoms. The molecule has 2 N–H and O–H groups in total. The maximum Gasteiger partial charge on any atom is 0.337 e. The summed E-state index contributed by atoms with van der Waals surface area (Å²) in [5.41, 5.74) is 0.423. The number of methoxy groups -OCH3 is 1. The lowest BCUT2D eigenvalue weighted by Crippen LogP contribution is -2.15. The van der Waals surface area contributed by atoms with Gasteiger partial charge in [0.1, 0.15) is 10.8 Å². The summed E-state index contributed by atoms with van der Waals surface area (Å²) >= 11 is 1.08. The maximum atomic E-state index is 13.0. The van der Waals surface area contributed by atoms with Crippen LogP contribution in [0.25, 0.3) is 10.6 Å². The third-order valence-corrected chi connectivity index (χ3v) is 5.66. The molecule has 0 aliphatic carbocycles. The van der Waals surface area contributed by atoms with E-state index in [1.165, 1.54) is 36.8 Å². The van der Waals surface area contributed by atoms with Gasteiger partial charge in [-0.05, 0) is 24.3 Å². The fraction of sp³-hybridized carbons (Fsp3) is 0.0625. The van der Waals surface area contributed by atoms with Gasteiger partial charge in [0.15, 0.2) is 16.6 Å². The highest BCUT2D eigenvalue weighted by molar-refractivity contribution is 7.92. The molecular weight excluding hydrogens is 397 g/mol. The van der Waals surface area contributed by atoms with Crippen LogP contribution in [0.3, 0.4) is 0 Å². The zero-order valence-corrected chi connectivity index (χ0v) is 15.3. The lowest BCUT2D eigenvalue weighted by molar-refractivity contribution is 0.0696. The van der Waals surface area contributed by atoms with Gasteiger partial charge in [-0.2, -0.15) is 8.42 Å². The Morgan fingerprint density at radius 1 is 1.30 bits per heavy atom. The SMILES string of the molecule is COc1cc(C(=O)O)cnc1NS(=O)(=O)c1csc(-c2ccc(F)cc2)n1. The van der Waals surface area contributed by atoms with Crippen LogP contribution in [0.1, 0.15) is 10.4 Å². The number of carboxylic acid groups (broad SMARTS) is 1. The molecule has 0 saturated carbocycles. The van der Waals surface area contributed by atoms with Crippen LogP contribution >= 0.6 is 11.3 Å². The quantitative estimate of drug-likeness (QED) is 0.642. The normalized spacial score (nSPS) is 11.2. The topological polar surface area (TPSA) is 118 Å². The number of carboxylic acids is 1. The zero-order chi connectivity index (χ0) is 19.6. The number of aromatic carboxylic acids is 1. The van der Waals surface area contributed by atoms with Crippen molar-refractivity contribution in [1.29, 1.82) is 0 Å². The van der Waals surface area contributed by atoms with E-state index in [1.54, 1.807) is 0 Å². The second-order valence-electron chi connectivity index (χ2n) is 5.18. The van der Waals surface area contributed by atoms with Gasteiger partial charge in [-0.1, -0.05) is 0 Å². The Balaban J connectivity index is 1.89. The van der Waals surface area contributed by atoms with Crippen LogP contribution < -0.4 is 9.46 Å². The molecule has 3 rings (SSSR count). The average Bonchev–Trinajstić information content (AvgIpc) is 3.13. The maximum absolute atomic E-state index is 13.0. The predicted molar refractivity (Wildman–Crippen MR) is 96.1 cm³/mol. The Labute approximate surface area is 157 Å². The second kappa shape index (κ2) is 7.29. The van der Waals surface area contributed by atoms with Crippen LogP contribution in [0.5, 0.6) is 5.75 Å². The molecule has 1 aromatic carbocycles. The first-order chi connectivity index (χ1) is 12.8. The second-order valence-corrected chi connectivity index (χ2v) is 7.67. The Kier molecular flexibility index (Phi) is 5.06. The average molecular weight is 409 g/mol. The molecule has 8 nitrogen and oxygen atoms in total. The van der Waals surface area contributed by atoms with Crippen molar-refractivity contribution in [3.05, 3.63) is 53.3 Å². The van der Waals surface area contributed by atoms with Crippen LogP contribution in [0.2, 0.25) is 0 Å². The molecule has 0 aliphatic heterocycles. The number of pyridine rings is 1. The fourth-order valence-electron chi connectivity index (χ4n) is 2.08. The smallest absolute Gasteiger partial charge is 0.337 e. The number of aromatic nitrogens is 2. The highest BCUT2D eigenvalue weighted by atomic mass is 32.2. The van der Waals surface area contributed by atoms with Crippen LogP contribution in [0, 0.1) is 5.82 Å². The van der Waals surface area contributed by atoms with Gasteiger partial charge in [-0.15, -0.1) is 11.3 Å². The molecule has 0 spiro atoms. The number of hydrogen-bond acceptors (Lipinski definition) is 7. The van der Waals surface area contributed by atoms with Crippen LogP contribution in [-0.4, -0.2) is 36.6 Å². The molecule has 0 aliphatic rings. The number of rotatable bonds is 6. The monoisotopic (exact) mass is 409 g/mol. The summed E-state index contributed by atoms with van der Waals surface area (Å²) in [7, 11) is -2.83. The van der Waals surface area contributed by atoms with Crippen molar-refractivity contribution in [2.75, 3.05) is 11.8 Å². The van der Waals surface area contributed by atoms with Crippen molar-refractivity contribution in [1.82, 2.24) is 9.97 Å². The molecule has 0 atom stereocenters. The van der Waals surface area contributed by atoms with Crippen molar-refractivity contribution in [2.24, 2.45) is 0 Å². The number of sulfonamides is 1. The van der Waals surface area contributed by atoms with Gasteiger partial charge in [0, 0.05) is 23.2 Å². The lowest BCUT2D eigenvalue weighted by atomic mass is 10.2. The standard InChI is InChI=1S/C16H12FN3O5S2/c1-25-12-6-10(16(21)22)7-18-14(12)20-27(23,24)13-8-26-15(19-13)9-2-4-11(17)5-3-9/h2-8H,1H3,(H,18,20)(H,21,22). The number of ether oxygens (including phenoxy) is 1. The Hall–Kier alpha value is -3.05. The number of anilines is 1. The largest absolute Gasteiger partial charge is 0.493 e. The van der Waals surface area contributed by atoms with E-state index in [0.29, 0.717) is 10.6 Å². The van der Waals surface area contributed by atoms with Crippen molar-refractivity contribution >= 4 is 33.1 Å². The molecule has 2 aromatic heterocycles. The van der Waals surface area contributed by atoms with Crippen molar-refractivity contribution in [3.8, 4) is 16.3 Å². The van der Waals surface area contributed by atoms with E-state index in [-0.39, 0.29) is 22.2 Å². The van der Waals surface area contributed by atoms with Gasteiger partial charge in [-0.25, -0.2) is 19.2 Å². The van der Waals surface area contributed by atoms with Crippen LogP contribution in [0.4, 0.5) is 10.2 Å². The van der Waals surface area contributed by atoms with E-state index in [1.807, 2.05) is 0 Å². The zero-order valence-electron chi connectivity index (χ0n) is 13.7. The first-order valence-corrected chi connectivity index (χ1v) is 9.68. The van der Waals surface area contributed by atoms with Gasteiger partial charge in [0.05, 0.1) is 12.7 Å². The predicted octanol–water partition coefficient (Wildman–Crippen LogP) is 2.85. The molecular formula is C16H12FN3O5S2. The molecule has 0 bridgehead atoms. The molecule has 0 radical (unpaired) electrons. The number of benzene rings is 1. The minimum atomic E-state index is -4.09. The summed E-state index contributed by atoms with van der Waals surface area (Å²) in [6, 6.07) is 6.64. The number of halogens is 1. The third-order valence-electron chi connectivity index (χ3n) is 3.40. The molecule has 0 amide bonds. The van der Waals surface area contributed by atoms with E-state index < -0.39 is 21.8 Å². The van der Waals surface area contributed by atoms with Gasteiger partial charge in [0.25, 0.3) is 10.0 Å². The number of hydrogen-bond donors (Lipinski definition) is 2. The van der Waals surface area contributed by atoms with Crippen molar-refractivity contribution < 1.29 is 27.4 Å². The van der Waals surface area contributed by atoms with E-state index in [4.69, 9.17) is 9.84 Å². The Morgan fingerprint density at radius 2 is 2.00 bits per heavy atom. The first-order valence-electron chi connectivity index (χ1n) is 7.32. The number of thiazole rings is 1. The lowest BCUT2D eigenvalue weighted by Gasteiger charge is -2.10. The van der Waals surface area contributed by atoms with Gasteiger partial charge < -0.3 is 9.84 Å². The molecule has 0 saturated heterocycles. The summed E-state index contributed by atoms with van der Waals surface area (Å²) in [6.07, 6.45) is 1.01. The van der Waals surface area contributed by atoms with Gasteiger partial charge in [0.2, 0.25) is 0 Å². The summed E-state index contributed by atoms with van der Waals surface area (Å²) in [5, 5.41) is 10.4. The summed E-state index contributed by atoms with van der Waals surface area (Å²) < 4.78 is 45.3. The number of nitrogens with zero attached hydrogens (tertiary/aromatic N) is 2. The minimum Gasteiger partial charge on any atom is -0.493 e. The first kappa shape index (κ1) is 18.7. The number of carbonyl (C=O) groups is 1. The summed E-state index contributed by atoms with van der Waals surface area (Å²) in [4.78, 5) is 18.8. The van der Waals surface area contributed by atoms with E-state index in [2.05, 4.69) is 14.7 Å². The number of nitrogens with one attached hydrogen (secondary N) is 1. The molecule has 27 heavy (non-hydrogen) atoms. The van der Waals surface area contributed by atoms with Crippen molar-refractivity contribution in [3.63, 3.8) is 0 Å². The molecule has 3 aromatic rings. The fourth-order valence-corrected chi connectivity index (χ4v) is 4.20. The third kappa shape index (κ3) is 4.04. The van der Waals surface area contributed by atoms with Crippen LogP contribution in [0.15, 0.2) is 46.9 Å². The highest BCUT2D eigenvalue weighted by Gasteiger charge is 2.22. The Bertz CT molecular complexity index is 1100. The van der Waals surface area contributed by atoms with E-state index in [9.17, 15) is 17.6 Å². The van der Waals surface area contributed by atoms with Crippen LogP contribution in [-0.2, 0) is 10.0 Å². The van der Waals surface area contributed by atoms with Crippen molar-refractivity contribution in [2.45, 2.75) is 5.03 Å². The highest BCUT2D eigenvalue weighted by Crippen LogP contribution is 2.29. The van der Waals surface area contributed by atoms with E-state index >= 15 is 0 Å². The molecule has 140 valence electrons. The van der Waals surface area contributed by atoms with Gasteiger partial charge in [-0.3, -0.25) is 4.72 Å². The summed E-state index contributed by atoms with van der Waals surface area (Å²) in [5.74, 6) is -1.85. The summed E-state index contributed by atoms with van der Waals surface area (Å²) in [6.45, 7) is 0. The molecule has 0 unspecified atom stereocenters. The molecule has 0 fully saturated rings. The molecule has 2 heterocycles. The van der Waals surface area contributed by atoms with E-state index in [0.717, 1.165) is 23.6 Å². The Morgan fingerprint density at radius 3 is 2.63 bits per heavy atom. The minimum absolute atomic E-state index is 0.0486.